The monoisotopic (exact) mass is 198 g/mol. The van der Waals surface area contributed by atoms with Crippen LogP contribution in [0.4, 0.5) is 0 Å². The van der Waals surface area contributed by atoms with Gasteiger partial charge in [0.1, 0.15) is 11.4 Å². The molecule has 0 atom stereocenters. The van der Waals surface area contributed by atoms with Crippen molar-refractivity contribution in [2.75, 3.05) is 5.75 Å². The van der Waals surface area contributed by atoms with Crippen molar-refractivity contribution < 1.29 is 4.74 Å². The molecule has 0 unspecified atom stereocenters. The molecule has 0 aliphatic carbocycles. The Bertz CT molecular complexity index is 204. The quantitative estimate of drug-likeness (QED) is 0.391. The van der Waals surface area contributed by atoms with E-state index in [0.29, 0.717) is 5.76 Å². The topological polar surface area (TPSA) is 9.23 Å². The highest BCUT2D eigenvalue weighted by Gasteiger charge is 2.17. The fourth-order valence-electron chi connectivity index (χ4n) is 0.885. The Morgan fingerprint density at radius 2 is 2.15 bits per heavy atom. The van der Waals surface area contributed by atoms with Crippen molar-refractivity contribution in [1.29, 1.82) is 0 Å². The summed E-state index contributed by atoms with van der Waals surface area (Å²) in [5.41, 5.74) is -0.190. The van der Waals surface area contributed by atoms with Crippen LogP contribution in [0, 0.1) is 0 Å². The molecule has 0 radical (unpaired) electrons. The SMILES string of the molecule is C=C/C=C\C(=C)OC(C)(C)CCS. The maximum Gasteiger partial charge on any atom is 0.112 e. The number of hydrogen-bond acceptors (Lipinski definition) is 2. The summed E-state index contributed by atoms with van der Waals surface area (Å²) in [6.45, 7) is 11.4. The molecule has 13 heavy (non-hydrogen) atoms. The molecular formula is C11H18OS. The van der Waals surface area contributed by atoms with E-state index in [1.54, 1.807) is 18.2 Å². The van der Waals surface area contributed by atoms with E-state index < -0.39 is 0 Å². The Labute approximate surface area is 86.6 Å². The second kappa shape index (κ2) is 5.92. The molecule has 74 valence electrons. The first kappa shape index (κ1) is 12.4. The maximum atomic E-state index is 5.60. The third kappa shape index (κ3) is 6.52. The summed E-state index contributed by atoms with van der Waals surface area (Å²) in [7, 11) is 0. The predicted octanol–water partition coefficient (Wildman–Crippen LogP) is 3.36. The average Bonchev–Trinajstić information content (AvgIpc) is 1.99. The Kier molecular flexibility index (Phi) is 5.63. The Morgan fingerprint density at radius 1 is 1.54 bits per heavy atom. The Balaban J connectivity index is 4.03. The normalized spacial score (nSPS) is 11.6. The van der Waals surface area contributed by atoms with Crippen molar-refractivity contribution in [3.05, 3.63) is 37.1 Å². The van der Waals surface area contributed by atoms with E-state index in [2.05, 4.69) is 25.8 Å². The molecule has 0 saturated heterocycles. The minimum atomic E-state index is -0.190. The fourth-order valence-corrected chi connectivity index (χ4v) is 1.42. The first-order valence-corrected chi connectivity index (χ1v) is 4.93. The molecule has 0 rings (SSSR count). The molecule has 0 saturated carbocycles. The highest BCUT2D eigenvalue weighted by atomic mass is 32.1. The molecule has 0 heterocycles. The van der Waals surface area contributed by atoms with Gasteiger partial charge in [-0.3, -0.25) is 0 Å². The molecule has 0 aliphatic rings. The molecule has 0 bridgehead atoms. The van der Waals surface area contributed by atoms with Gasteiger partial charge in [-0.15, -0.1) is 0 Å². The summed E-state index contributed by atoms with van der Waals surface area (Å²) in [6.07, 6.45) is 6.20. The standard InChI is InChI=1S/C11H18OS/c1-5-6-7-10(2)12-11(3,4)8-9-13/h5-7,13H,1-2,8-9H2,3-4H3/b7-6-. The van der Waals surface area contributed by atoms with Crippen LogP contribution in [0.1, 0.15) is 20.3 Å². The predicted molar refractivity (Wildman–Crippen MR) is 62.1 cm³/mol. The molecule has 0 aromatic heterocycles. The van der Waals surface area contributed by atoms with Crippen molar-refractivity contribution in [2.24, 2.45) is 0 Å². The van der Waals surface area contributed by atoms with Crippen LogP contribution < -0.4 is 0 Å². The molecule has 0 aromatic carbocycles. The molecule has 0 spiro atoms. The maximum absolute atomic E-state index is 5.60. The van der Waals surface area contributed by atoms with Gasteiger partial charge in [0.25, 0.3) is 0 Å². The molecule has 2 heteroatoms. The van der Waals surface area contributed by atoms with Crippen molar-refractivity contribution >= 4 is 12.6 Å². The fraction of sp³-hybridized carbons (Fsp3) is 0.455. The lowest BCUT2D eigenvalue weighted by Crippen LogP contribution is -2.23. The molecule has 0 aromatic rings. The second-order valence-electron chi connectivity index (χ2n) is 3.40. The van der Waals surface area contributed by atoms with Crippen LogP contribution in [0.25, 0.3) is 0 Å². The summed E-state index contributed by atoms with van der Waals surface area (Å²) < 4.78 is 5.60. The lowest BCUT2D eigenvalue weighted by molar-refractivity contribution is 0.0408. The van der Waals surface area contributed by atoms with Crippen LogP contribution in [0.2, 0.25) is 0 Å². The third-order valence-corrected chi connectivity index (χ3v) is 1.76. The van der Waals surface area contributed by atoms with Crippen molar-refractivity contribution in [3.63, 3.8) is 0 Å². The average molecular weight is 198 g/mol. The van der Waals surface area contributed by atoms with Gasteiger partial charge in [0.15, 0.2) is 0 Å². The zero-order valence-corrected chi connectivity index (χ0v) is 9.31. The molecule has 0 N–H and O–H groups in total. The van der Waals surface area contributed by atoms with E-state index >= 15 is 0 Å². The van der Waals surface area contributed by atoms with Crippen molar-refractivity contribution in [1.82, 2.24) is 0 Å². The third-order valence-electron chi connectivity index (χ3n) is 1.54. The zero-order chi connectivity index (χ0) is 10.3. The minimum Gasteiger partial charge on any atom is -0.488 e. The van der Waals surface area contributed by atoms with Crippen LogP contribution >= 0.6 is 12.6 Å². The minimum absolute atomic E-state index is 0.190. The Hall–Kier alpha value is -0.630. The molecule has 0 amide bonds. The van der Waals surface area contributed by atoms with Crippen LogP contribution in [-0.4, -0.2) is 11.4 Å². The zero-order valence-electron chi connectivity index (χ0n) is 8.42. The van der Waals surface area contributed by atoms with Gasteiger partial charge in [0.05, 0.1) is 0 Å². The van der Waals surface area contributed by atoms with Gasteiger partial charge in [-0.25, -0.2) is 0 Å². The van der Waals surface area contributed by atoms with E-state index in [4.69, 9.17) is 4.74 Å². The lowest BCUT2D eigenvalue weighted by atomic mass is 10.1. The molecule has 1 nitrogen and oxygen atoms in total. The number of allylic oxidation sites excluding steroid dienone is 3. The molecule has 0 aliphatic heterocycles. The Morgan fingerprint density at radius 3 is 2.62 bits per heavy atom. The van der Waals surface area contributed by atoms with E-state index in [-0.39, 0.29) is 5.60 Å². The van der Waals surface area contributed by atoms with Gasteiger partial charge < -0.3 is 4.74 Å². The van der Waals surface area contributed by atoms with E-state index in [1.807, 2.05) is 13.8 Å². The van der Waals surface area contributed by atoms with Crippen LogP contribution in [-0.2, 0) is 4.74 Å². The van der Waals surface area contributed by atoms with Gasteiger partial charge in [-0.05, 0) is 32.1 Å². The smallest absolute Gasteiger partial charge is 0.112 e. The van der Waals surface area contributed by atoms with E-state index in [1.165, 1.54) is 0 Å². The second-order valence-corrected chi connectivity index (χ2v) is 3.84. The summed E-state index contributed by atoms with van der Waals surface area (Å²) in [6, 6.07) is 0. The lowest BCUT2D eigenvalue weighted by Gasteiger charge is -2.25. The van der Waals surface area contributed by atoms with Gasteiger partial charge in [0, 0.05) is 0 Å². The first-order chi connectivity index (χ1) is 6.02. The largest absolute Gasteiger partial charge is 0.488 e. The first-order valence-electron chi connectivity index (χ1n) is 4.30. The van der Waals surface area contributed by atoms with Gasteiger partial charge in [-0.2, -0.15) is 12.6 Å². The number of hydrogen-bond donors (Lipinski definition) is 1. The van der Waals surface area contributed by atoms with Crippen LogP contribution in [0.5, 0.6) is 0 Å². The number of thiol groups is 1. The number of ether oxygens (including phenoxy) is 1. The summed E-state index contributed by atoms with van der Waals surface area (Å²) in [4.78, 5) is 0. The van der Waals surface area contributed by atoms with Gasteiger partial charge in [-0.1, -0.05) is 25.3 Å². The van der Waals surface area contributed by atoms with Gasteiger partial charge >= 0.3 is 0 Å². The van der Waals surface area contributed by atoms with Crippen molar-refractivity contribution in [3.8, 4) is 0 Å². The summed E-state index contributed by atoms with van der Waals surface area (Å²) in [5, 5.41) is 0. The molecule has 0 fully saturated rings. The van der Waals surface area contributed by atoms with Crippen molar-refractivity contribution in [2.45, 2.75) is 25.9 Å². The highest BCUT2D eigenvalue weighted by Crippen LogP contribution is 2.18. The van der Waals surface area contributed by atoms with E-state index in [0.717, 1.165) is 12.2 Å². The molecular weight excluding hydrogens is 180 g/mol. The highest BCUT2D eigenvalue weighted by molar-refractivity contribution is 7.80. The van der Waals surface area contributed by atoms with E-state index in [9.17, 15) is 0 Å². The van der Waals surface area contributed by atoms with Gasteiger partial charge in [0.2, 0.25) is 0 Å². The summed E-state index contributed by atoms with van der Waals surface area (Å²) in [5.74, 6) is 1.47. The van der Waals surface area contributed by atoms with Crippen LogP contribution in [0.15, 0.2) is 37.1 Å². The van der Waals surface area contributed by atoms with Crippen LogP contribution in [0.3, 0.4) is 0 Å². The summed E-state index contributed by atoms with van der Waals surface area (Å²) >= 11 is 4.16. The number of rotatable bonds is 6.